The summed E-state index contributed by atoms with van der Waals surface area (Å²) in [7, 11) is 1.48. The topological polar surface area (TPSA) is 66.8 Å². The first-order chi connectivity index (χ1) is 10.1. The highest BCUT2D eigenvalue weighted by Crippen LogP contribution is 2.22. The van der Waals surface area contributed by atoms with Gasteiger partial charge in [0, 0.05) is 13.6 Å². The molecule has 0 aromatic heterocycles. The molecule has 1 N–H and O–H groups in total. The third-order valence-corrected chi connectivity index (χ3v) is 2.91. The molecule has 1 aromatic carbocycles. The molecule has 8 heteroatoms. The second-order valence-corrected chi connectivity index (χ2v) is 4.88. The van der Waals surface area contributed by atoms with Crippen LogP contribution in [0.5, 0.6) is 5.75 Å². The highest BCUT2D eigenvalue weighted by atomic mass is 19.4. The van der Waals surface area contributed by atoms with Gasteiger partial charge in [-0.2, -0.15) is 0 Å². The van der Waals surface area contributed by atoms with Crippen molar-refractivity contribution in [3.63, 3.8) is 0 Å². The average molecular weight is 319 g/mol. The number of carboxylic acid groups (broad SMARTS) is 1. The molecule has 1 aromatic rings. The number of carbonyl (C=O) groups is 2. The number of likely N-dealkylation sites (N-methyl/N-ethyl adjacent to an activating group) is 1. The summed E-state index contributed by atoms with van der Waals surface area (Å²) in [5, 5.41) is 8.78. The fraction of sp³-hybridized carbons (Fsp3) is 0.429. The van der Waals surface area contributed by atoms with Crippen molar-refractivity contribution in [2.75, 3.05) is 13.6 Å². The van der Waals surface area contributed by atoms with Gasteiger partial charge in [-0.25, -0.2) is 0 Å². The van der Waals surface area contributed by atoms with Crippen molar-refractivity contribution < 1.29 is 32.6 Å². The van der Waals surface area contributed by atoms with E-state index < -0.39 is 18.2 Å². The summed E-state index contributed by atoms with van der Waals surface area (Å²) in [6, 6.07) is 4.95. The first-order valence-electron chi connectivity index (χ1n) is 6.40. The minimum Gasteiger partial charge on any atom is -0.481 e. The van der Waals surface area contributed by atoms with Crippen LogP contribution in [-0.4, -0.2) is 41.8 Å². The minimum absolute atomic E-state index is 0.0326. The number of hydrogen-bond donors (Lipinski definition) is 1. The minimum atomic E-state index is -4.76. The number of rotatable bonds is 6. The Morgan fingerprint density at radius 3 is 2.27 bits per heavy atom. The van der Waals surface area contributed by atoms with Crippen LogP contribution >= 0.6 is 0 Å². The Hall–Kier alpha value is -2.25. The molecular formula is C14H16F3NO4. The molecular weight excluding hydrogens is 303 g/mol. The van der Waals surface area contributed by atoms with Crippen molar-refractivity contribution in [1.29, 1.82) is 0 Å². The number of halogens is 3. The predicted molar refractivity (Wildman–Crippen MR) is 71.3 cm³/mol. The second kappa shape index (κ2) is 7.15. The Bertz CT molecular complexity index is 528. The maximum absolute atomic E-state index is 12.0. The van der Waals surface area contributed by atoms with Gasteiger partial charge < -0.3 is 14.7 Å². The van der Waals surface area contributed by atoms with Gasteiger partial charge in [0.25, 0.3) is 0 Å². The number of aliphatic carboxylic acids is 1. The van der Waals surface area contributed by atoms with Gasteiger partial charge in [-0.1, -0.05) is 19.1 Å². The SMILES string of the molecule is CC(CN(C)C(=O)Cc1ccc(OC(F)(F)F)cc1)C(=O)O. The summed E-state index contributed by atoms with van der Waals surface area (Å²) in [5.41, 5.74) is 0.509. The van der Waals surface area contributed by atoms with Gasteiger partial charge in [0.2, 0.25) is 5.91 Å². The highest BCUT2D eigenvalue weighted by Gasteiger charge is 2.31. The number of carbonyl (C=O) groups excluding carboxylic acids is 1. The smallest absolute Gasteiger partial charge is 0.481 e. The maximum atomic E-state index is 12.0. The van der Waals surface area contributed by atoms with E-state index in [-0.39, 0.29) is 24.6 Å². The summed E-state index contributed by atoms with van der Waals surface area (Å²) in [6.07, 6.45) is -4.79. The highest BCUT2D eigenvalue weighted by molar-refractivity contribution is 5.79. The monoisotopic (exact) mass is 319 g/mol. The lowest BCUT2D eigenvalue weighted by Gasteiger charge is -2.19. The van der Waals surface area contributed by atoms with Crippen molar-refractivity contribution in [3.8, 4) is 5.75 Å². The van der Waals surface area contributed by atoms with Crippen molar-refractivity contribution in [2.24, 2.45) is 5.92 Å². The fourth-order valence-electron chi connectivity index (χ4n) is 1.71. The molecule has 0 radical (unpaired) electrons. The van der Waals surface area contributed by atoms with Gasteiger partial charge in [-0.05, 0) is 17.7 Å². The van der Waals surface area contributed by atoms with E-state index in [2.05, 4.69) is 4.74 Å². The average Bonchev–Trinajstić information content (AvgIpc) is 2.39. The molecule has 122 valence electrons. The van der Waals surface area contributed by atoms with E-state index in [1.54, 1.807) is 0 Å². The zero-order valence-electron chi connectivity index (χ0n) is 12.1. The van der Waals surface area contributed by atoms with Crippen LogP contribution in [0.1, 0.15) is 12.5 Å². The molecule has 22 heavy (non-hydrogen) atoms. The first-order valence-corrected chi connectivity index (χ1v) is 6.40. The molecule has 0 fully saturated rings. The zero-order valence-corrected chi connectivity index (χ0v) is 12.1. The maximum Gasteiger partial charge on any atom is 0.573 e. The van der Waals surface area contributed by atoms with Crippen LogP contribution in [0.15, 0.2) is 24.3 Å². The number of alkyl halides is 3. The van der Waals surface area contributed by atoms with Gasteiger partial charge in [0.15, 0.2) is 0 Å². The van der Waals surface area contributed by atoms with Crippen molar-refractivity contribution in [2.45, 2.75) is 19.7 Å². The second-order valence-electron chi connectivity index (χ2n) is 4.88. The van der Waals surface area contributed by atoms with Crippen molar-refractivity contribution >= 4 is 11.9 Å². The lowest BCUT2D eigenvalue weighted by atomic mass is 10.1. The summed E-state index contributed by atoms with van der Waals surface area (Å²) >= 11 is 0. The lowest BCUT2D eigenvalue weighted by Crippen LogP contribution is -2.34. The summed E-state index contributed by atoms with van der Waals surface area (Å²) in [5.74, 6) is -2.39. The zero-order chi connectivity index (χ0) is 16.9. The molecule has 0 heterocycles. The number of ether oxygens (including phenoxy) is 1. The Balaban J connectivity index is 2.59. The van der Waals surface area contributed by atoms with Crippen LogP contribution in [0, 0.1) is 5.92 Å². The largest absolute Gasteiger partial charge is 0.573 e. The van der Waals surface area contributed by atoms with Gasteiger partial charge in [0.05, 0.1) is 12.3 Å². The molecule has 0 saturated heterocycles. The number of hydrogen-bond acceptors (Lipinski definition) is 3. The van der Waals surface area contributed by atoms with Crippen LogP contribution in [-0.2, 0) is 16.0 Å². The van der Waals surface area contributed by atoms with Crippen LogP contribution in [0.3, 0.4) is 0 Å². The third-order valence-electron chi connectivity index (χ3n) is 2.91. The lowest BCUT2D eigenvalue weighted by molar-refractivity contribution is -0.274. The number of carboxylic acids is 1. The third kappa shape index (κ3) is 6.02. The standard InChI is InChI=1S/C14H16F3NO4/c1-9(13(20)21)8-18(2)12(19)7-10-3-5-11(6-4-10)22-14(15,16)17/h3-6,9H,7-8H2,1-2H3,(H,20,21). The summed E-state index contributed by atoms with van der Waals surface area (Å²) in [4.78, 5) is 23.9. The number of benzene rings is 1. The Morgan fingerprint density at radius 1 is 1.27 bits per heavy atom. The van der Waals surface area contributed by atoms with Crippen molar-refractivity contribution in [3.05, 3.63) is 29.8 Å². The van der Waals surface area contributed by atoms with E-state index in [0.717, 1.165) is 12.1 Å². The summed E-state index contributed by atoms with van der Waals surface area (Å²) in [6.45, 7) is 1.54. The number of amides is 1. The molecule has 0 aliphatic rings. The van der Waals surface area contributed by atoms with Gasteiger partial charge in [-0.15, -0.1) is 13.2 Å². The van der Waals surface area contributed by atoms with E-state index in [0.29, 0.717) is 5.56 Å². The normalized spacial score (nSPS) is 12.6. The van der Waals surface area contributed by atoms with Gasteiger partial charge in [0.1, 0.15) is 5.75 Å². The van der Waals surface area contributed by atoms with E-state index >= 15 is 0 Å². The Morgan fingerprint density at radius 2 is 1.82 bits per heavy atom. The van der Waals surface area contributed by atoms with Crippen LogP contribution in [0.25, 0.3) is 0 Å². The molecule has 0 saturated carbocycles. The molecule has 0 aliphatic heterocycles. The Labute approximate surface area is 125 Å². The predicted octanol–water partition coefficient (Wildman–Crippen LogP) is 2.31. The quantitative estimate of drug-likeness (QED) is 0.874. The van der Waals surface area contributed by atoms with Crippen LogP contribution < -0.4 is 4.74 Å². The van der Waals surface area contributed by atoms with Gasteiger partial charge >= 0.3 is 12.3 Å². The fourth-order valence-corrected chi connectivity index (χ4v) is 1.71. The van der Waals surface area contributed by atoms with E-state index in [1.807, 2.05) is 0 Å². The molecule has 0 bridgehead atoms. The van der Waals surface area contributed by atoms with E-state index in [4.69, 9.17) is 5.11 Å². The van der Waals surface area contributed by atoms with Gasteiger partial charge in [-0.3, -0.25) is 9.59 Å². The molecule has 5 nitrogen and oxygen atoms in total. The molecule has 1 atom stereocenters. The van der Waals surface area contributed by atoms with Crippen LogP contribution in [0.2, 0.25) is 0 Å². The molecule has 1 unspecified atom stereocenters. The first kappa shape index (κ1) is 17.8. The molecule has 1 rings (SSSR count). The van der Waals surface area contributed by atoms with E-state index in [9.17, 15) is 22.8 Å². The van der Waals surface area contributed by atoms with Crippen LogP contribution in [0.4, 0.5) is 13.2 Å². The Kier molecular flexibility index (Phi) is 5.78. The van der Waals surface area contributed by atoms with Crippen molar-refractivity contribution in [1.82, 2.24) is 4.90 Å². The molecule has 0 aliphatic carbocycles. The molecule has 0 spiro atoms. The molecule has 1 amide bonds. The van der Waals surface area contributed by atoms with E-state index in [1.165, 1.54) is 31.0 Å². The number of nitrogens with zero attached hydrogens (tertiary/aromatic N) is 1. The summed E-state index contributed by atoms with van der Waals surface area (Å²) < 4.78 is 39.8.